The molecule has 1 amide bonds. The zero-order chi connectivity index (χ0) is 25.9. The summed E-state index contributed by atoms with van der Waals surface area (Å²) < 4.78 is 18.7. The van der Waals surface area contributed by atoms with Gasteiger partial charge in [0.25, 0.3) is 5.91 Å². The Labute approximate surface area is 218 Å². The fraction of sp³-hybridized carbons (Fsp3) is 0.172. The van der Waals surface area contributed by atoms with Gasteiger partial charge in [-0.1, -0.05) is 6.07 Å². The third-order valence-electron chi connectivity index (χ3n) is 6.59. The fourth-order valence-electron chi connectivity index (χ4n) is 4.61. The number of benzene rings is 2. The van der Waals surface area contributed by atoms with E-state index in [1.807, 2.05) is 30.6 Å². The number of ether oxygens (including phenoxy) is 1. The number of hydrogen-bond acceptors (Lipinski definition) is 6. The normalized spacial score (nSPS) is 13.4. The van der Waals surface area contributed by atoms with Crippen molar-refractivity contribution >= 4 is 28.2 Å². The monoisotopic (exact) mass is 508 g/mol. The van der Waals surface area contributed by atoms with Crippen molar-refractivity contribution < 1.29 is 13.9 Å². The lowest BCUT2D eigenvalue weighted by Crippen LogP contribution is -2.29. The third kappa shape index (κ3) is 5.04. The van der Waals surface area contributed by atoms with Crippen LogP contribution in [0.1, 0.15) is 29.8 Å². The van der Waals surface area contributed by atoms with Crippen molar-refractivity contribution in [1.82, 2.24) is 20.2 Å². The Bertz CT molecular complexity index is 1580. The number of halogens is 1. The van der Waals surface area contributed by atoms with E-state index in [2.05, 4.69) is 36.4 Å². The van der Waals surface area contributed by atoms with Gasteiger partial charge in [-0.25, -0.2) is 9.37 Å². The van der Waals surface area contributed by atoms with Crippen molar-refractivity contribution in [2.24, 2.45) is 0 Å². The quantitative estimate of drug-likeness (QED) is 0.284. The van der Waals surface area contributed by atoms with Crippen LogP contribution in [0.15, 0.2) is 79.3 Å². The van der Waals surface area contributed by atoms with Gasteiger partial charge in [-0.2, -0.15) is 5.10 Å². The number of hydrogen-bond donors (Lipinski definition) is 2. The van der Waals surface area contributed by atoms with E-state index in [0.717, 1.165) is 35.4 Å². The number of aromatic nitrogens is 4. The molecular weight excluding hydrogens is 483 g/mol. The standard InChI is InChI=1S/C29H25FN6O2/c30-21-5-8-24(9-6-21)38-27-11-7-22(17-32-27)33-29(37)28-25-15-19(4-10-26(25)34-35-28)20-14-23(18-31-16-20)36-12-2-1-3-13-36/h4-11,14-18H,1-3,12-13H2,(H,33,37)(H,34,35). The molecule has 1 saturated heterocycles. The van der Waals surface area contributed by atoms with Gasteiger partial charge in [0.2, 0.25) is 5.88 Å². The predicted molar refractivity (Wildman–Crippen MR) is 144 cm³/mol. The number of piperidine rings is 1. The summed E-state index contributed by atoms with van der Waals surface area (Å²) in [5.74, 6) is 0.0858. The Hall–Kier alpha value is -4.79. The number of pyridine rings is 2. The number of H-pyrrole nitrogens is 1. The zero-order valence-corrected chi connectivity index (χ0v) is 20.5. The SMILES string of the molecule is O=C(Nc1ccc(Oc2ccc(F)cc2)nc1)c1n[nH]c2ccc(-c3cncc(N4CCCCC4)c3)cc12. The van der Waals surface area contributed by atoms with Crippen molar-refractivity contribution in [3.63, 3.8) is 0 Å². The number of nitrogens with zero attached hydrogens (tertiary/aromatic N) is 4. The molecule has 2 N–H and O–H groups in total. The number of amides is 1. The van der Waals surface area contributed by atoms with Crippen molar-refractivity contribution in [2.75, 3.05) is 23.3 Å². The van der Waals surface area contributed by atoms with Crippen LogP contribution in [0.5, 0.6) is 11.6 Å². The molecule has 2 aromatic carbocycles. The van der Waals surface area contributed by atoms with Gasteiger partial charge in [0.05, 0.1) is 29.3 Å². The lowest BCUT2D eigenvalue weighted by Gasteiger charge is -2.28. The smallest absolute Gasteiger partial charge is 0.276 e. The molecule has 38 heavy (non-hydrogen) atoms. The molecule has 0 bridgehead atoms. The highest BCUT2D eigenvalue weighted by Gasteiger charge is 2.17. The molecule has 0 saturated carbocycles. The van der Waals surface area contributed by atoms with E-state index in [1.54, 1.807) is 12.1 Å². The molecule has 0 spiro atoms. The number of anilines is 2. The minimum Gasteiger partial charge on any atom is -0.439 e. The number of rotatable bonds is 6. The second kappa shape index (κ2) is 10.3. The highest BCUT2D eigenvalue weighted by atomic mass is 19.1. The van der Waals surface area contributed by atoms with Crippen LogP contribution in [0.2, 0.25) is 0 Å². The molecule has 9 heteroatoms. The maximum absolute atomic E-state index is 13.1. The highest BCUT2D eigenvalue weighted by Crippen LogP contribution is 2.29. The molecule has 6 rings (SSSR count). The van der Waals surface area contributed by atoms with Gasteiger partial charge in [-0.3, -0.25) is 14.9 Å². The maximum atomic E-state index is 13.1. The van der Waals surface area contributed by atoms with Crippen LogP contribution in [0.3, 0.4) is 0 Å². The van der Waals surface area contributed by atoms with Crippen LogP contribution in [0.25, 0.3) is 22.0 Å². The van der Waals surface area contributed by atoms with Gasteiger partial charge in [-0.05, 0) is 73.4 Å². The molecule has 3 aromatic heterocycles. The van der Waals surface area contributed by atoms with Crippen molar-refractivity contribution in [3.8, 4) is 22.8 Å². The second-order valence-electron chi connectivity index (χ2n) is 9.21. The minimum atomic E-state index is -0.359. The summed E-state index contributed by atoms with van der Waals surface area (Å²) in [7, 11) is 0. The maximum Gasteiger partial charge on any atom is 0.276 e. The Morgan fingerprint density at radius 2 is 1.76 bits per heavy atom. The Morgan fingerprint density at radius 3 is 2.55 bits per heavy atom. The van der Waals surface area contributed by atoms with Crippen molar-refractivity contribution in [2.45, 2.75) is 19.3 Å². The average molecular weight is 509 g/mol. The van der Waals surface area contributed by atoms with E-state index in [9.17, 15) is 9.18 Å². The Balaban J connectivity index is 1.19. The number of carbonyl (C=O) groups is 1. The summed E-state index contributed by atoms with van der Waals surface area (Å²) >= 11 is 0. The van der Waals surface area contributed by atoms with Crippen LogP contribution < -0.4 is 15.0 Å². The van der Waals surface area contributed by atoms with E-state index in [0.29, 0.717) is 22.7 Å². The van der Waals surface area contributed by atoms with E-state index in [1.165, 1.54) is 49.7 Å². The molecule has 0 radical (unpaired) electrons. The molecule has 1 fully saturated rings. The topological polar surface area (TPSA) is 96.0 Å². The number of nitrogens with one attached hydrogen (secondary N) is 2. The lowest BCUT2D eigenvalue weighted by atomic mass is 10.0. The molecule has 1 aliphatic heterocycles. The third-order valence-corrected chi connectivity index (χ3v) is 6.59. The van der Waals surface area contributed by atoms with Crippen LogP contribution in [-0.2, 0) is 0 Å². The number of aromatic amines is 1. The molecule has 1 aliphatic rings. The number of fused-ring (bicyclic) bond motifs is 1. The summed E-state index contributed by atoms with van der Waals surface area (Å²) in [6, 6.07) is 17.0. The molecule has 8 nitrogen and oxygen atoms in total. The van der Waals surface area contributed by atoms with Gasteiger partial charge in [0, 0.05) is 36.3 Å². The molecular formula is C29H25FN6O2. The first-order chi connectivity index (χ1) is 18.6. The van der Waals surface area contributed by atoms with Crippen LogP contribution >= 0.6 is 0 Å². The van der Waals surface area contributed by atoms with Gasteiger partial charge in [-0.15, -0.1) is 0 Å². The van der Waals surface area contributed by atoms with Gasteiger partial charge < -0.3 is 15.0 Å². The van der Waals surface area contributed by atoms with E-state index < -0.39 is 0 Å². The van der Waals surface area contributed by atoms with E-state index in [-0.39, 0.29) is 17.4 Å². The first kappa shape index (κ1) is 23.6. The number of carbonyl (C=O) groups excluding carboxylic acids is 1. The molecule has 0 aliphatic carbocycles. The molecule has 190 valence electrons. The summed E-state index contributed by atoms with van der Waals surface area (Å²) in [6.07, 6.45) is 8.92. The van der Waals surface area contributed by atoms with Gasteiger partial charge in [0.1, 0.15) is 11.6 Å². The zero-order valence-electron chi connectivity index (χ0n) is 20.5. The second-order valence-corrected chi connectivity index (χ2v) is 9.21. The first-order valence-corrected chi connectivity index (χ1v) is 12.5. The largest absolute Gasteiger partial charge is 0.439 e. The lowest BCUT2D eigenvalue weighted by molar-refractivity contribution is 0.102. The van der Waals surface area contributed by atoms with Crippen molar-refractivity contribution in [3.05, 3.63) is 90.8 Å². The van der Waals surface area contributed by atoms with E-state index in [4.69, 9.17) is 4.74 Å². The Morgan fingerprint density at radius 1 is 0.921 bits per heavy atom. The molecule has 0 unspecified atom stereocenters. The van der Waals surface area contributed by atoms with Crippen molar-refractivity contribution in [1.29, 1.82) is 0 Å². The summed E-state index contributed by atoms with van der Waals surface area (Å²) in [5, 5.41) is 10.8. The van der Waals surface area contributed by atoms with Crippen LogP contribution in [0.4, 0.5) is 15.8 Å². The fourth-order valence-corrected chi connectivity index (χ4v) is 4.61. The molecule has 5 aromatic rings. The Kier molecular flexibility index (Phi) is 6.39. The predicted octanol–water partition coefficient (Wildman–Crippen LogP) is 6.19. The summed E-state index contributed by atoms with van der Waals surface area (Å²) in [6.45, 7) is 2.09. The minimum absolute atomic E-state index is 0.286. The highest BCUT2D eigenvalue weighted by molar-refractivity contribution is 6.11. The van der Waals surface area contributed by atoms with Gasteiger partial charge >= 0.3 is 0 Å². The summed E-state index contributed by atoms with van der Waals surface area (Å²) in [5.41, 5.74) is 4.61. The summed E-state index contributed by atoms with van der Waals surface area (Å²) in [4.78, 5) is 24.2. The van der Waals surface area contributed by atoms with Crippen LogP contribution in [-0.4, -0.2) is 39.2 Å². The van der Waals surface area contributed by atoms with E-state index >= 15 is 0 Å². The van der Waals surface area contributed by atoms with Crippen LogP contribution in [0, 0.1) is 5.82 Å². The first-order valence-electron chi connectivity index (χ1n) is 12.5. The molecule has 0 atom stereocenters. The van der Waals surface area contributed by atoms with Gasteiger partial charge in [0.15, 0.2) is 5.69 Å². The molecule has 4 heterocycles. The average Bonchev–Trinajstić information content (AvgIpc) is 3.39.